The van der Waals surface area contributed by atoms with E-state index in [9.17, 15) is 9.18 Å². The van der Waals surface area contributed by atoms with E-state index in [4.69, 9.17) is 16.3 Å². The van der Waals surface area contributed by atoms with Crippen molar-refractivity contribution in [3.63, 3.8) is 0 Å². The Labute approximate surface area is 132 Å². The highest BCUT2D eigenvalue weighted by molar-refractivity contribution is 6.32. The van der Waals surface area contributed by atoms with Gasteiger partial charge in [0.2, 0.25) is 5.91 Å². The van der Waals surface area contributed by atoms with Gasteiger partial charge in [0.05, 0.1) is 17.0 Å². The van der Waals surface area contributed by atoms with E-state index in [1.54, 1.807) is 12.1 Å². The van der Waals surface area contributed by atoms with E-state index in [2.05, 4.69) is 10.9 Å². The zero-order chi connectivity index (χ0) is 15.7. The lowest BCUT2D eigenvalue weighted by molar-refractivity contribution is -0.119. The molecule has 0 bridgehead atoms. The van der Waals surface area contributed by atoms with E-state index in [1.165, 1.54) is 18.2 Å². The quantitative estimate of drug-likeness (QED) is 0.910. The van der Waals surface area contributed by atoms with Gasteiger partial charge in [0.15, 0.2) is 0 Å². The monoisotopic (exact) mass is 320 g/mol. The lowest BCUT2D eigenvalue weighted by Crippen LogP contribution is -2.38. The fourth-order valence-electron chi connectivity index (χ4n) is 2.37. The summed E-state index contributed by atoms with van der Waals surface area (Å²) in [6, 6.07) is 11.3. The average molecular weight is 321 g/mol. The molecule has 0 aliphatic carbocycles. The Morgan fingerprint density at radius 2 is 1.95 bits per heavy atom. The molecule has 1 aliphatic rings. The Kier molecular flexibility index (Phi) is 3.76. The molecule has 0 radical (unpaired) electrons. The molecule has 0 spiro atoms. The van der Waals surface area contributed by atoms with Crippen LogP contribution in [0.25, 0.3) is 0 Å². The van der Waals surface area contributed by atoms with Crippen LogP contribution >= 0.6 is 11.6 Å². The summed E-state index contributed by atoms with van der Waals surface area (Å²) >= 11 is 5.93. The average Bonchev–Trinajstić information content (AvgIpc) is 2.83. The number of halogens is 2. The van der Waals surface area contributed by atoms with E-state index in [0.717, 1.165) is 5.56 Å². The Balaban J connectivity index is 1.78. The first-order chi connectivity index (χ1) is 10.5. The van der Waals surface area contributed by atoms with Gasteiger partial charge in [-0.25, -0.2) is 9.82 Å². The van der Waals surface area contributed by atoms with Crippen LogP contribution in [0.2, 0.25) is 5.02 Å². The number of carbonyl (C=O) groups excluding carboxylic acids is 1. The van der Waals surface area contributed by atoms with Gasteiger partial charge in [0.25, 0.3) is 0 Å². The number of hydrogen-bond acceptors (Lipinski definition) is 3. The number of benzene rings is 2. The first-order valence-corrected chi connectivity index (χ1v) is 7.13. The molecule has 1 heterocycles. The second-order valence-corrected chi connectivity index (χ2v) is 5.79. The maximum Gasteiger partial charge on any atom is 0.236 e. The fraction of sp³-hybridized carbons (Fsp3) is 0.188. The SMILES string of the molecule is CC1(c2ccc(Oc3ccc(F)cc3Cl)cc2)CC(=O)NN1. The number of carbonyl (C=O) groups is 1. The van der Waals surface area contributed by atoms with Gasteiger partial charge in [-0.1, -0.05) is 23.7 Å². The molecule has 6 heteroatoms. The maximum absolute atomic E-state index is 13.0. The molecule has 1 aliphatic heterocycles. The van der Waals surface area contributed by atoms with E-state index in [-0.39, 0.29) is 10.9 Å². The van der Waals surface area contributed by atoms with Crippen LogP contribution in [0.4, 0.5) is 4.39 Å². The van der Waals surface area contributed by atoms with Crippen LogP contribution in [0.1, 0.15) is 18.9 Å². The van der Waals surface area contributed by atoms with Crippen molar-refractivity contribution in [2.24, 2.45) is 0 Å². The maximum atomic E-state index is 13.0. The van der Waals surface area contributed by atoms with E-state index < -0.39 is 11.4 Å². The van der Waals surface area contributed by atoms with Crippen molar-refractivity contribution in [2.75, 3.05) is 0 Å². The van der Waals surface area contributed by atoms with E-state index in [0.29, 0.717) is 17.9 Å². The van der Waals surface area contributed by atoms with E-state index >= 15 is 0 Å². The number of ether oxygens (including phenoxy) is 1. The second kappa shape index (κ2) is 5.59. The van der Waals surface area contributed by atoms with Gasteiger partial charge >= 0.3 is 0 Å². The van der Waals surface area contributed by atoms with Gasteiger partial charge < -0.3 is 4.74 Å². The van der Waals surface area contributed by atoms with Crippen molar-refractivity contribution < 1.29 is 13.9 Å². The molecule has 1 amide bonds. The van der Waals surface area contributed by atoms with Crippen LogP contribution in [0.15, 0.2) is 42.5 Å². The third-order valence-corrected chi connectivity index (χ3v) is 3.90. The molecule has 1 atom stereocenters. The van der Waals surface area contributed by atoms with Crippen molar-refractivity contribution >= 4 is 17.5 Å². The van der Waals surface area contributed by atoms with Crippen LogP contribution in [-0.2, 0) is 10.3 Å². The molecule has 22 heavy (non-hydrogen) atoms. The predicted octanol–water partition coefficient (Wildman–Crippen LogP) is 3.51. The topological polar surface area (TPSA) is 50.4 Å². The van der Waals surface area contributed by atoms with Crippen LogP contribution in [0, 0.1) is 5.82 Å². The molecule has 3 rings (SSSR count). The van der Waals surface area contributed by atoms with Gasteiger partial charge in [0.1, 0.15) is 17.3 Å². The molecule has 2 aromatic carbocycles. The zero-order valence-corrected chi connectivity index (χ0v) is 12.6. The molecule has 2 aromatic rings. The van der Waals surface area contributed by atoms with Crippen molar-refractivity contribution in [2.45, 2.75) is 18.9 Å². The first-order valence-electron chi connectivity index (χ1n) is 6.76. The summed E-state index contributed by atoms with van der Waals surface area (Å²) in [6.07, 6.45) is 0.372. The molecule has 0 saturated carbocycles. The van der Waals surface area contributed by atoms with Gasteiger partial charge in [-0.15, -0.1) is 0 Å². The standard InChI is InChI=1S/C16H14ClFN2O2/c1-16(9-15(21)19-20-16)10-2-5-12(6-3-10)22-14-7-4-11(18)8-13(14)17/h2-8,20H,9H2,1H3,(H,19,21). The number of nitrogens with one attached hydrogen (secondary N) is 2. The number of rotatable bonds is 3. The van der Waals surface area contributed by atoms with Gasteiger partial charge in [-0.3, -0.25) is 10.2 Å². The molecule has 1 saturated heterocycles. The lowest BCUT2D eigenvalue weighted by Gasteiger charge is -2.22. The third-order valence-electron chi connectivity index (χ3n) is 3.61. The third kappa shape index (κ3) is 2.91. The molecule has 2 N–H and O–H groups in total. The second-order valence-electron chi connectivity index (χ2n) is 5.38. The molecule has 4 nitrogen and oxygen atoms in total. The Morgan fingerprint density at radius 3 is 2.55 bits per heavy atom. The normalized spacial score (nSPS) is 20.8. The van der Waals surface area contributed by atoms with Crippen LogP contribution in [0.3, 0.4) is 0 Å². The Bertz CT molecular complexity index is 721. The highest BCUT2D eigenvalue weighted by Crippen LogP contribution is 2.32. The molecular formula is C16H14ClFN2O2. The number of hydrogen-bond donors (Lipinski definition) is 2. The van der Waals surface area contributed by atoms with Crippen LogP contribution in [-0.4, -0.2) is 5.91 Å². The minimum Gasteiger partial charge on any atom is -0.456 e. The number of amides is 1. The molecule has 114 valence electrons. The molecule has 0 aromatic heterocycles. The number of hydrazine groups is 1. The summed E-state index contributed by atoms with van der Waals surface area (Å²) in [5, 5.41) is 0.211. The zero-order valence-electron chi connectivity index (χ0n) is 11.8. The largest absolute Gasteiger partial charge is 0.456 e. The minimum absolute atomic E-state index is 0.0408. The molecule has 1 unspecified atom stereocenters. The van der Waals surface area contributed by atoms with Crippen LogP contribution in [0.5, 0.6) is 11.5 Å². The first kappa shape index (κ1) is 14.8. The summed E-state index contributed by atoms with van der Waals surface area (Å²) in [5.74, 6) is 0.516. The summed E-state index contributed by atoms with van der Waals surface area (Å²) in [5.41, 5.74) is 6.10. The smallest absolute Gasteiger partial charge is 0.236 e. The lowest BCUT2D eigenvalue weighted by atomic mass is 9.90. The molecule has 1 fully saturated rings. The predicted molar refractivity (Wildman–Crippen MR) is 81.2 cm³/mol. The Morgan fingerprint density at radius 1 is 1.23 bits per heavy atom. The highest BCUT2D eigenvalue weighted by Gasteiger charge is 2.35. The summed E-state index contributed by atoms with van der Waals surface area (Å²) in [6.45, 7) is 1.94. The van der Waals surface area contributed by atoms with Crippen LogP contribution < -0.4 is 15.6 Å². The van der Waals surface area contributed by atoms with Gasteiger partial charge in [0, 0.05) is 0 Å². The van der Waals surface area contributed by atoms with Gasteiger partial charge in [-0.05, 0) is 42.8 Å². The highest BCUT2D eigenvalue weighted by atomic mass is 35.5. The Hall–Kier alpha value is -2.11. The van der Waals surface area contributed by atoms with E-state index in [1.807, 2.05) is 19.1 Å². The summed E-state index contributed by atoms with van der Waals surface area (Å²) in [7, 11) is 0. The van der Waals surface area contributed by atoms with Crippen molar-refractivity contribution in [1.82, 2.24) is 10.9 Å². The van der Waals surface area contributed by atoms with Crippen molar-refractivity contribution in [3.05, 3.63) is 58.9 Å². The minimum atomic E-state index is -0.441. The summed E-state index contributed by atoms with van der Waals surface area (Å²) in [4.78, 5) is 11.4. The van der Waals surface area contributed by atoms with Crippen molar-refractivity contribution in [3.8, 4) is 11.5 Å². The van der Waals surface area contributed by atoms with Gasteiger partial charge in [-0.2, -0.15) is 0 Å². The fourth-order valence-corrected chi connectivity index (χ4v) is 2.57. The van der Waals surface area contributed by atoms with Crippen molar-refractivity contribution in [1.29, 1.82) is 0 Å². The summed E-state index contributed by atoms with van der Waals surface area (Å²) < 4.78 is 18.6. The molecular weight excluding hydrogens is 307 g/mol.